The van der Waals surface area contributed by atoms with Gasteiger partial charge in [0.15, 0.2) is 0 Å². The zero-order valence-electron chi connectivity index (χ0n) is 15.7. The van der Waals surface area contributed by atoms with Gasteiger partial charge in [0, 0.05) is 13.7 Å². The Balaban J connectivity index is 3.46. The molecule has 0 unspecified atom stereocenters. The van der Waals surface area contributed by atoms with Crippen molar-refractivity contribution in [1.82, 2.24) is 0 Å². The third-order valence-corrected chi connectivity index (χ3v) is 3.31. The van der Waals surface area contributed by atoms with E-state index in [9.17, 15) is 0 Å². The Bertz CT molecular complexity index is 408. The van der Waals surface area contributed by atoms with Gasteiger partial charge in [0.2, 0.25) is 0 Å². The predicted octanol–water partition coefficient (Wildman–Crippen LogP) is 7.11. The van der Waals surface area contributed by atoms with Crippen LogP contribution in [0.1, 0.15) is 58.3 Å². The maximum atomic E-state index is 4.99. The molecule has 0 aliphatic rings. The molecule has 0 spiro atoms. The van der Waals surface area contributed by atoms with Crippen LogP contribution in [0.15, 0.2) is 72.9 Å². The number of hydrogen-bond donors (Lipinski definition) is 0. The molecule has 0 N–H and O–H groups in total. The molecule has 0 radical (unpaired) electrons. The Labute approximate surface area is 150 Å². The Hall–Kier alpha value is -1.60. The van der Waals surface area contributed by atoms with E-state index in [-0.39, 0.29) is 0 Å². The number of ether oxygens (including phenoxy) is 1. The molecule has 0 saturated heterocycles. The van der Waals surface area contributed by atoms with Crippen LogP contribution >= 0.6 is 0 Å². The maximum Gasteiger partial charge on any atom is 0.0496 e. The minimum Gasteiger partial charge on any atom is -0.384 e. The summed E-state index contributed by atoms with van der Waals surface area (Å²) in [6.07, 6.45) is 35.3. The highest BCUT2D eigenvalue weighted by atomic mass is 16.5. The smallest absolute Gasteiger partial charge is 0.0496 e. The van der Waals surface area contributed by atoms with E-state index in [1.165, 1.54) is 0 Å². The summed E-state index contributed by atoms with van der Waals surface area (Å²) in [5, 5.41) is 0. The van der Waals surface area contributed by atoms with Crippen molar-refractivity contribution in [3.05, 3.63) is 72.9 Å². The molecule has 0 rings (SSSR count). The van der Waals surface area contributed by atoms with Gasteiger partial charge in [-0.3, -0.25) is 0 Å². The molecule has 134 valence electrons. The van der Waals surface area contributed by atoms with E-state index in [4.69, 9.17) is 4.74 Å². The Morgan fingerprint density at radius 1 is 0.500 bits per heavy atom. The second-order valence-electron chi connectivity index (χ2n) is 5.54. The fourth-order valence-electron chi connectivity index (χ4n) is 1.98. The van der Waals surface area contributed by atoms with Crippen molar-refractivity contribution in [3.63, 3.8) is 0 Å². The largest absolute Gasteiger partial charge is 0.384 e. The third-order valence-electron chi connectivity index (χ3n) is 3.31. The lowest BCUT2D eigenvalue weighted by Crippen LogP contribution is -1.83. The highest BCUT2D eigenvalue weighted by Crippen LogP contribution is 1.98. The van der Waals surface area contributed by atoms with Crippen molar-refractivity contribution in [3.8, 4) is 0 Å². The predicted molar refractivity (Wildman–Crippen MR) is 109 cm³/mol. The second kappa shape index (κ2) is 21.4. The van der Waals surface area contributed by atoms with Crippen LogP contribution in [0.3, 0.4) is 0 Å². The minimum atomic E-state index is 0.808. The van der Waals surface area contributed by atoms with Gasteiger partial charge in [-0.25, -0.2) is 0 Å². The summed E-state index contributed by atoms with van der Waals surface area (Å²) in [5.74, 6) is 0. The van der Waals surface area contributed by atoms with E-state index in [1.54, 1.807) is 7.11 Å². The Kier molecular flexibility index (Phi) is 20.0. The number of rotatable bonds is 15. The molecule has 0 aromatic rings. The van der Waals surface area contributed by atoms with Gasteiger partial charge in [-0.2, -0.15) is 0 Å². The summed E-state index contributed by atoms with van der Waals surface area (Å²) < 4.78 is 4.99. The van der Waals surface area contributed by atoms with Crippen LogP contribution in [0.5, 0.6) is 0 Å². The molecule has 0 saturated carbocycles. The van der Waals surface area contributed by atoms with Crippen molar-refractivity contribution in [1.29, 1.82) is 0 Å². The van der Waals surface area contributed by atoms with Gasteiger partial charge in [0.25, 0.3) is 0 Å². The zero-order chi connectivity index (χ0) is 17.6. The summed E-state index contributed by atoms with van der Waals surface area (Å²) >= 11 is 0. The fourth-order valence-corrected chi connectivity index (χ4v) is 1.98. The van der Waals surface area contributed by atoms with Crippen molar-refractivity contribution in [2.45, 2.75) is 58.3 Å². The van der Waals surface area contributed by atoms with Gasteiger partial charge >= 0.3 is 0 Å². The normalized spacial score (nSPS) is 13.2. The van der Waals surface area contributed by atoms with E-state index in [0.717, 1.165) is 58.0 Å². The van der Waals surface area contributed by atoms with Gasteiger partial charge in [-0.15, -0.1) is 0 Å². The molecule has 24 heavy (non-hydrogen) atoms. The van der Waals surface area contributed by atoms with Crippen LogP contribution in [0.2, 0.25) is 0 Å². The lowest BCUT2D eigenvalue weighted by Gasteiger charge is -1.89. The minimum absolute atomic E-state index is 0.808. The summed E-state index contributed by atoms with van der Waals surface area (Å²) in [6, 6.07) is 0. The standard InChI is InChI=1S/C23H36O/c1-3-4-5-6-7-8-9-10-11-12-13-14-15-16-17-18-19-20-21-22-23-24-2/h4-5,8-9,11-12,14-15,17-18,20-21H,3,6-7,10,13,16,19,22-23H2,1-2H3/b5-4+,9-8+,12-11+,15-14+,18-17+,21-20+. The third kappa shape index (κ3) is 20.4. The molecule has 0 amide bonds. The number of hydrogen-bond acceptors (Lipinski definition) is 1. The fraction of sp³-hybridized carbons (Fsp3) is 0.478. The Morgan fingerprint density at radius 2 is 0.875 bits per heavy atom. The average Bonchev–Trinajstić information content (AvgIpc) is 2.60. The number of allylic oxidation sites excluding steroid dienone is 11. The highest BCUT2D eigenvalue weighted by Gasteiger charge is 1.78. The maximum absolute atomic E-state index is 4.99. The summed E-state index contributed by atoms with van der Waals surface area (Å²) in [4.78, 5) is 0. The van der Waals surface area contributed by atoms with Crippen LogP contribution < -0.4 is 0 Å². The number of unbranched alkanes of at least 4 members (excludes halogenated alkanes) is 1. The average molecular weight is 329 g/mol. The van der Waals surface area contributed by atoms with Crippen molar-refractivity contribution in [2.24, 2.45) is 0 Å². The topological polar surface area (TPSA) is 9.23 Å². The van der Waals surface area contributed by atoms with Crippen molar-refractivity contribution < 1.29 is 4.74 Å². The molecule has 0 fully saturated rings. The molecule has 1 heteroatoms. The molecule has 0 atom stereocenters. The van der Waals surface area contributed by atoms with Crippen LogP contribution in [-0.4, -0.2) is 13.7 Å². The number of methoxy groups -OCH3 is 1. The molecule has 0 aromatic carbocycles. The first-order chi connectivity index (χ1) is 11.9. The molecule has 0 aliphatic heterocycles. The molecule has 0 aliphatic carbocycles. The van der Waals surface area contributed by atoms with Gasteiger partial charge in [0.05, 0.1) is 0 Å². The molecular formula is C23H36O. The van der Waals surface area contributed by atoms with Gasteiger partial charge in [-0.1, -0.05) is 79.8 Å². The SMILES string of the molecule is CC/C=C/CC/C=C/C/C=C/C/C=C/C/C=C/C/C=C/CCOC. The molecule has 0 bridgehead atoms. The quantitative estimate of drug-likeness (QED) is 0.230. The monoisotopic (exact) mass is 328 g/mol. The second-order valence-corrected chi connectivity index (χ2v) is 5.54. The summed E-state index contributed by atoms with van der Waals surface area (Å²) in [6.45, 7) is 2.98. The van der Waals surface area contributed by atoms with E-state index in [1.807, 2.05) is 0 Å². The van der Waals surface area contributed by atoms with E-state index in [0.29, 0.717) is 0 Å². The van der Waals surface area contributed by atoms with Crippen LogP contribution in [0.4, 0.5) is 0 Å². The van der Waals surface area contributed by atoms with E-state index >= 15 is 0 Å². The van der Waals surface area contributed by atoms with Crippen LogP contribution in [-0.2, 0) is 4.74 Å². The van der Waals surface area contributed by atoms with Gasteiger partial charge in [0.1, 0.15) is 0 Å². The van der Waals surface area contributed by atoms with Gasteiger partial charge in [-0.05, 0) is 51.4 Å². The van der Waals surface area contributed by atoms with Crippen molar-refractivity contribution >= 4 is 0 Å². The van der Waals surface area contributed by atoms with Gasteiger partial charge < -0.3 is 4.74 Å². The summed E-state index contributed by atoms with van der Waals surface area (Å²) in [5.41, 5.74) is 0. The lowest BCUT2D eigenvalue weighted by atomic mass is 10.2. The van der Waals surface area contributed by atoms with Crippen LogP contribution in [0, 0.1) is 0 Å². The first kappa shape index (κ1) is 22.4. The van der Waals surface area contributed by atoms with Crippen molar-refractivity contribution in [2.75, 3.05) is 13.7 Å². The lowest BCUT2D eigenvalue weighted by molar-refractivity contribution is 0.204. The molecular weight excluding hydrogens is 292 g/mol. The molecule has 0 heterocycles. The Morgan fingerprint density at radius 3 is 1.29 bits per heavy atom. The van der Waals surface area contributed by atoms with Crippen LogP contribution in [0.25, 0.3) is 0 Å². The zero-order valence-corrected chi connectivity index (χ0v) is 15.7. The first-order valence-electron chi connectivity index (χ1n) is 9.30. The highest BCUT2D eigenvalue weighted by molar-refractivity contribution is 5.00. The van der Waals surface area contributed by atoms with E-state index in [2.05, 4.69) is 79.8 Å². The molecule has 0 aromatic heterocycles. The molecule has 1 nitrogen and oxygen atoms in total. The van der Waals surface area contributed by atoms with E-state index < -0.39 is 0 Å². The first-order valence-corrected chi connectivity index (χ1v) is 9.30. The summed E-state index contributed by atoms with van der Waals surface area (Å²) in [7, 11) is 1.74.